The topological polar surface area (TPSA) is 118 Å². The lowest BCUT2D eigenvalue weighted by atomic mass is 10.0. The average Bonchev–Trinajstić information content (AvgIpc) is 3.40. The number of carbonyl (C=O) groups excluding carboxylic acids is 1. The van der Waals surface area contributed by atoms with Crippen molar-refractivity contribution < 1.29 is 15.0 Å². The largest absolute Gasteiger partial charge is 0.390 e. The van der Waals surface area contributed by atoms with Crippen LogP contribution >= 0.6 is 11.6 Å². The van der Waals surface area contributed by atoms with E-state index in [0.29, 0.717) is 35.9 Å². The molecule has 35 heavy (non-hydrogen) atoms. The third-order valence-corrected chi connectivity index (χ3v) is 6.89. The highest BCUT2D eigenvalue weighted by Gasteiger charge is 2.43. The minimum absolute atomic E-state index is 0.124. The number of carbonyl (C=O) groups is 1. The highest BCUT2D eigenvalue weighted by molar-refractivity contribution is 6.33. The predicted molar refractivity (Wildman–Crippen MR) is 135 cm³/mol. The van der Waals surface area contributed by atoms with E-state index in [1.807, 2.05) is 22.9 Å². The molecule has 3 aromatic rings. The summed E-state index contributed by atoms with van der Waals surface area (Å²) in [7, 11) is 0. The smallest absolute Gasteiger partial charge is 0.248 e. The van der Waals surface area contributed by atoms with E-state index < -0.39 is 18.1 Å². The van der Waals surface area contributed by atoms with Crippen LogP contribution in [0.15, 0.2) is 42.9 Å². The lowest BCUT2D eigenvalue weighted by Crippen LogP contribution is -2.36. The molecule has 2 aromatic heterocycles. The van der Waals surface area contributed by atoms with Crippen LogP contribution in [0.3, 0.4) is 0 Å². The molecular weight excluding hydrogens is 466 g/mol. The molecule has 1 amide bonds. The molecule has 4 rings (SSSR count). The Labute approximate surface area is 209 Å². The first-order valence-electron chi connectivity index (χ1n) is 11.8. The van der Waals surface area contributed by atoms with Crippen molar-refractivity contribution in [2.45, 2.75) is 44.4 Å². The van der Waals surface area contributed by atoms with E-state index in [4.69, 9.17) is 17.3 Å². The Morgan fingerprint density at radius 1 is 1.29 bits per heavy atom. The molecule has 4 N–H and O–H groups in total. The first-order chi connectivity index (χ1) is 16.9. The molecule has 0 spiro atoms. The van der Waals surface area contributed by atoms with Crippen LogP contribution in [0.5, 0.6) is 0 Å². The molecule has 8 nitrogen and oxygen atoms in total. The Morgan fingerprint density at radius 3 is 2.89 bits per heavy atom. The van der Waals surface area contributed by atoms with Gasteiger partial charge in [-0.05, 0) is 43.7 Å². The van der Waals surface area contributed by atoms with Crippen LogP contribution in [0.4, 0.5) is 0 Å². The fourth-order valence-electron chi connectivity index (χ4n) is 4.72. The zero-order valence-electron chi connectivity index (χ0n) is 19.6. The number of rotatable bonds is 8. The Bertz CT molecular complexity index is 1250. The van der Waals surface area contributed by atoms with E-state index in [1.165, 1.54) is 6.33 Å². The highest BCUT2D eigenvalue weighted by atomic mass is 35.5. The molecule has 0 saturated heterocycles. The minimum Gasteiger partial charge on any atom is -0.390 e. The molecule has 1 aliphatic rings. The van der Waals surface area contributed by atoms with Gasteiger partial charge in [0, 0.05) is 29.8 Å². The van der Waals surface area contributed by atoms with Crippen LogP contribution in [0.2, 0.25) is 5.15 Å². The maximum Gasteiger partial charge on any atom is 0.248 e. The van der Waals surface area contributed by atoms with Gasteiger partial charge in [-0.2, -0.15) is 0 Å². The molecule has 4 atom stereocenters. The molecular formula is C26H30ClN5O3. The summed E-state index contributed by atoms with van der Waals surface area (Å²) in [6.07, 6.45) is 4.11. The number of hydrogen-bond acceptors (Lipinski definition) is 6. The number of unbranched alkanes of at least 4 members (excludes halogenated alkanes) is 1. The van der Waals surface area contributed by atoms with Crippen molar-refractivity contribution in [3.63, 3.8) is 0 Å². The molecule has 1 aromatic carbocycles. The van der Waals surface area contributed by atoms with Gasteiger partial charge in [-0.25, -0.2) is 9.97 Å². The van der Waals surface area contributed by atoms with Crippen molar-refractivity contribution in [2.75, 3.05) is 19.6 Å². The fraction of sp³-hybridized carbons (Fsp3) is 0.423. The second kappa shape index (κ2) is 11.2. The Kier molecular flexibility index (Phi) is 8.04. The summed E-state index contributed by atoms with van der Waals surface area (Å²) in [4.78, 5) is 22.0. The first-order valence-corrected chi connectivity index (χ1v) is 12.2. The molecule has 1 fully saturated rings. The van der Waals surface area contributed by atoms with E-state index in [2.05, 4.69) is 33.6 Å². The maximum absolute atomic E-state index is 11.4. The van der Waals surface area contributed by atoms with Gasteiger partial charge >= 0.3 is 0 Å². The van der Waals surface area contributed by atoms with Gasteiger partial charge in [0.15, 0.2) is 0 Å². The lowest BCUT2D eigenvalue weighted by Gasteiger charge is -2.25. The van der Waals surface area contributed by atoms with Crippen LogP contribution in [0.25, 0.3) is 11.0 Å². The van der Waals surface area contributed by atoms with E-state index in [1.54, 1.807) is 18.2 Å². The number of hydrogen-bond donors (Lipinski definition) is 3. The molecule has 0 aliphatic heterocycles. The third kappa shape index (κ3) is 5.65. The predicted octanol–water partition coefficient (Wildman–Crippen LogP) is 2.62. The van der Waals surface area contributed by atoms with Gasteiger partial charge in [0.05, 0.1) is 24.1 Å². The number of amides is 1. The molecule has 1 aliphatic carbocycles. The molecule has 184 valence electrons. The van der Waals surface area contributed by atoms with Gasteiger partial charge < -0.3 is 20.5 Å². The standard InChI is InChI=1S/C26H30ClN5O3/c1-2-3-10-31(11-5-7-17-6-4-8-18(13-17)25(28)35)15-19-14-21(23(34)22(19)33)32-12-9-20-24(27)29-16-30-26(20)32/h4,6,8-9,12-13,16,19,21-23,33-34H,2-3,10-11,14-15H2,1H3,(H2,28,35)/t19-,21-,22-,23+/m1/s1. The summed E-state index contributed by atoms with van der Waals surface area (Å²) >= 11 is 6.19. The van der Waals surface area contributed by atoms with E-state index in [9.17, 15) is 15.0 Å². The number of nitrogens with two attached hydrogens (primary N) is 1. The summed E-state index contributed by atoms with van der Waals surface area (Å²) in [5.41, 5.74) is 7.16. The van der Waals surface area contributed by atoms with Gasteiger partial charge in [0.25, 0.3) is 0 Å². The zero-order valence-corrected chi connectivity index (χ0v) is 20.4. The van der Waals surface area contributed by atoms with E-state index >= 15 is 0 Å². The minimum atomic E-state index is -0.917. The summed E-state index contributed by atoms with van der Waals surface area (Å²) in [6, 6.07) is 8.48. The monoisotopic (exact) mass is 495 g/mol. The van der Waals surface area contributed by atoms with Crippen LogP contribution in [-0.4, -0.2) is 67.4 Å². The number of primary amides is 1. The number of benzene rings is 1. The average molecular weight is 496 g/mol. The van der Waals surface area contributed by atoms with Crippen molar-refractivity contribution in [1.82, 2.24) is 19.4 Å². The van der Waals surface area contributed by atoms with Crippen molar-refractivity contribution in [3.05, 3.63) is 59.1 Å². The van der Waals surface area contributed by atoms with Gasteiger partial charge in [0.1, 0.15) is 23.2 Å². The van der Waals surface area contributed by atoms with Gasteiger partial charge in [0.2, 0.25) is 5.91 Å². The number of aliphatic hydroxyl groups is 2. The second-order valence-corrected chi connectivity index (χ2v) is 9.36. The molecule has 9 heteroatoms. The number of nitrogens with zero attached hydrogens (tertiary/aromatic N) is 4. The Hall–Kier alpha value is -2.96. The van der Waals surface area contributed by atoms with Crippen LogP contribution in [0.1, 0.15) is 48.1 Å². The Balaban J connectivity index is 1.47. The number of aromatic nitrogens is 3. The number of aliphatic hydroxyl groups excluding tert-OH is 2. The van der Waals surface area contributed by atoms with E-state index in [-0.39, 0.29) is 12.0 Å². The number of fused-ring (bicyclic) bond motifs is 1. The highest BCUT2D eigenvalue weighted by Crippen LogP contribution is 2.38. The normalized spacial score (nSPS) is 21.9. The fourth-order valence-corrected chi connectivity index (χ4v) is 4.91. The van der Waals surface area contributed by atoms with E-state index in [0.717, 1.165) is 30.3 Å². The zero-order chi connectivity index (χ0) is 24.9. The maximum atomic E-state index is 11.4. The summed E-state index contributed by atoms with van der Waals surface area (Å²) in [5, 5.41) is 22.9. The van der Waals surface area contributed by atoms with Crippen LogP contribution < -0.4 is 5.73 Å². The summed E-state index contributed by atoms with van der Waals surface area (Å²) < 4.78 is 1.89. The molecule has 0 radical (unpaired) electrons. The van der Waals surface area contributed by atoms with Crippen molar-refractivity contribution >= 4 is 28.5 Å². The van der Waals surface area contributed by atoms with Gasteiger partial charge in [-0.15, -0.1) is 0 Å². The molecule has 2 heterocycles. The third-order valence-electron chi connectivity index (χ3n) is 6.59. The lowest BCUT2D eigenvalue weighted by molar-refractivity contribution is 0.00101. The second-order valence-electron chi connectivity index (χ2n) is 9.00. The molecule has 1 saturated carbocycles. The molecule has 0 bridgehead atoms. The van der Waals surface area contributed by atoms with Crippen LogP contribution in [0, 0.1) is 17.8 Å². The molecule has 0 unspecified atom stereocenters. The van der Waals surface area contributed by atoms with Gasteiger partial charge in [-0.3, -0.25) is 9.69 Å². The van der Waals surface area contributed by atoms with Gasteiger partial charge in [-0.1, -0.05) is 42.9 Å². The van der Waals surface area contributed by atoms with Crippen molar-refractivity contribution in [1.29, 1.82) is 0 Å². The SMILES string of the molecule is CCCCN(CC#Cc1cccc(C(N)=O)c1)C[C@H]1C[C@@H](n2ccc3c(Cl)ncnc32)[C@H](O)[C@@H]1O. The van der Waals surface area contributed by atoms with Crippen LogP contribution in [-0.2, 0) is 0 Å². The Morgan fingerprint density at radius 2 is 2.11 bits per heavy atom. The number of halogens is 1. The van der Waals surface area contributed by atoms with Crippen molar-refractivity contribution in [3.8, 4) is 11.8 Å². The summed E-state index contributed by atoms with van der Waals surface area (Å²) in [5.74, 6) is 5.69. The summed E-state index contributed by atoms with van der Waals surface area (Å²) in [6.45, 7) is 4.10. The first kappa shape index (κ1) is 25.1. The quantitative estimate of drug-likeness (QED) is 0.326. The van der Waals surface area contributed by atoms with Crippen molar-refractivity contribution in [2.24, 2.45) is 11.7 Å².